The van der Waals surface area contributed by atoms with Crippen molar-refractivity contribution in [3.63, 3.8) is 0 Å². The molecule has 0 saturated heterocycles. The molecule has 22 heavy (non-hydrogen) atoms. The Kier molecular flexibility index (Phi) is 3.92. The highest BCUT2D eigenvalue weighted by atomic mass is 16.1. The number of hydrogen-bond donors (Lipinski definition) is 1. The van der Waals surface area contributed by atoms with Crippen molar-refractivity contribution in [1.82, 2.24) is 9.97 Å². The van der Waals surface area contributed by atoms with Crippen molar-refractivity contribution in [2.24, 2.45) is 5.92 Å². The molecule has 1 heterocycles. The van der Waals surface area contributed by atoms with Gasteiger partial charge in [-0.05, 0) is 43.4 Å². The molecule has 0 spiro atoms. The highest BCUT2D eigenvalue weighted by Crippen LogP contribution is 2.27. The minimum absolute atomic E-state index is 0.171. The first-order chi connectivity index (χ1) is 10.6. The van der Waals surface area contributed by atoms with Gasteiger partial charge in [0.1, 0.15) is 0 Å². The molecule has 1 N–H and O–H groups in total. The van der Waals surface area contributed by atoms with Crippen LogP contribution in [-0.4, -0.2) is 15.8 Å². The number of carbonyl (C=O) groups excluding carboxylic acids is 1. The zero-order valence-electron chi connectivity index (χ0n) is 13.3. The summed E-state index contributed by atoms with van der Waals surface area (Å²) in [5.41, 5.74) is 4.64. The molecule has 0 radical (unpaired) electrons. The average molecular weight is 295 g/mol. The van der Waals surface area contributed by atoms with E-state index in [4.69, 9.17) is 0 Å². The number of ketones is 1. The van der Waals surface area contributed by atoms with Gasteiger partial charge in [-0.3, -0.25) is 4.79 Å². The minimum Gasteiger partial charge on any atom is -0.324 e. The van der Waals surface area contributed by atoms with Gasteiger partial charge in [0.15, 0.2) is 5.78 Å². The number of aryl methyl sites for hydroxylation is 2. The summed E-state index contributed by atoms with van der Waals surface area (Å²) in [5.74, 6) is 1.10. The number of anilines is 2. The van der Waals surface area contributed by atoms with Crippen LogP contribution in [0.2, 0.25) is 0 Å². The van der Waals surface area contributed by atoms with Gasteiger partial charge in [-0.2, -0.15) is 0 Å². The molecule has 0 bridgehead atoms. The van der Waals surface area contributed by atoms with Crippen molar-refractivity contribution in [2.45, 2.75) is 40.0 Å². The van der Waals surface area contributed by atoms with Crippen LogP contribution in [0.15, 0.2) is 24.3 Å². The van der Waals surface area contributed by atoms with Crippen molar-refractivity contribution in [2.75, 3.05) is 5.32 Å². The van der Waals surface area contributed by atoms with Gasteiger partial charge in [0.2, 0.25) is 5.95 Å². The molecule has 2 aromatic rings. The Morgan fingerprint density at radius 2 is 1.91 bits per heavy atom. The fourth-order valence-corrected chi connectivity index (χ4v) is 2.97. The molecule has 1 aromatic heterocycles. The highest BCUT2D eigenvalue weighted by molar-refractivity contribution is 5.99. The zero-order chi connectivity index (χ0) is 15.7. The Hall–Kier alpha value is -2.23. The fraction of sp³-hybridized carbons (Fsp3) is 0.389. The van der Waals surface area contributed by atoms with Crippen molar-refractivity contribution in [3.05, 3.63) is 46.8 Å². The summed E-state index contributed by atoms with van der Waals surface area (Å²) in [6.45, 7) is 6.12. The van der Waals surface area contributed by atoms with E-state index in [9.17, 15) is 4.79 Å². The largest absolute Gasteiger partial charge is 0.324 e. The lowest BCUT2D eigenvalue weighted by Crippen LogP contribution is -2.22. The van der Waals surface area contributed by atoms with Crippen LogP contribution in [0.3, 0.4) is 0 Å². The van der Waals surface area contributed by atoms with Crippen molar-refractivity contribution in [1.29, 1.82) is 0 Å². The van der Waals surface area contributed by atoms with Crippen LogP contribution in [-0.2, 0) is 12.8 Å². The van der Waals surface area contributed by atoms with Gasteiger partial charge < -0.3 is 5.32 Å². The smallest absolute Gasteiger partial charge is 0.227 e. The van der Waals surface area contributed by atoms with Crippen LogP contribution < -0.4 is 5.32 Å². The molecule has 0 unspecified atom stereocenters. The number of carbonyl (C=O) groups is 1. The van der Waals surface area contributed by atoms with Crippen LogP contribution in [0, 0.1) is 12.8 Å². The summed E-state index contributed by atoms with van der Waals surface area (Å²) >= 11 is 0. The van der Waals surface area contributed by atoms with E-state index in [2.05, 4.69) is 41.3 Å². The van der Waals surface area contributed by atoms with Gasteiger partial charge >= 0.3 is 0 Å². The molecule has 0 saturated carbocycles. The molecular weight excluding hydrogens is 274 g/mol. The predicted octanol–water partition coefficient (Wildman–Crippen LogP) is 3.86. The maximum atomic E-state index is 12.2. The summed E-state index contributed by atoms with van der Waals surface area (Å²) < 4.78 is 0. The molecule has 0 fully saturated rings. The van der Waals surface area contributed by atoms with Crippen LogP contribution in [0.5, 0.6) is 0 Å². The second kappa shape index (κ2) is 5.87. The molecule has 3 rings (SSSR count). The Morgan fingerprint density at radius 3 is 2.59 bits per heavy atom. The van der Waals surface area contributed by atoms with Gasteiger partial charge in [-0.1, -0.05) is 26.0 Å². The Bertz CT molecular complexity index is 707. The molecule has 1 aliphatic carbocycles. The number of hydrogen-bond acceptors (Lipinski definition) is 4. The lowest BCUT2D eigenvalue weighted by molar-refractivity contribution is 0.0951. The van der Waals surface area contributed by atoms with Crippen LogP contribution in [0.4, 0.5) is 11.6 Å². The van der Waals surface area contributed by atoms with E-state index >= 15 is 0 Å². The van der Waals surface area contributed by atoms with Crippen molar-refractivity contribution < 1.29 is 4.79 Å². The second-order valence-electron chi connectivity index (χ2n) is 6.07. The van der Waals surface area contributed by atoms with Gasteiger partial charge in [0, 0.05) is 12.1 Å². The zero-order valence-corrected chi connectivity index (χ0v) is 13.3. The normalized spacial score (nSPS) is 17.2. The molecule has 0 aliphatic heterocycles. The minimum atomic E-state index is 0.171. The first kappa shape index (κ1) is 14.7. The molecule has 1 aliphatic rings. The van der Waals surface area contributed by atoms with E-state index in [1.807, 2.05) is 19.1 Å². The van der Waals surface area contributed by atoms with E-state index < -0.39 is 0 Å². The molecule has 114 valence electrons. The number of nitrogens with one attached hydrogen (secondary N) is 1. The SMILES string of the molecule is CCc1ccc(Nc2nc(C)c3c(n2)C[C@H](C)CC3=O)cc1. The lowest BCUT2D eigenvalue weighted by atomic mass is 9.86. The number of rotatable bonds is 3. The van der Waals surface area contributed by atoms with Crippen molar-refractivity contribution in [3.8, 4) is 0 Å². The maximum Gasteiger partial charge on any atom is 0.227 e. The number of nitrogens with zero attached hydrogens (tertiary/aromatic N) is 2. The summed E-state index contributed by atoms with van der Waals surface area (Å²) in [5, 5.41) is 3.24. The first-order valence-electron chi connectivity index (χ1n) is 7.83. The standard InChI is InChI=1S/C18H21N3O/c1-4-13-5-7-14(8-6-13)20-18-19-12(3)17-15(21-18)9-11(2)10-16(17)22/h5-8,11H,4,9-10H2,1-3H3,(H,19,20,21)/t11-/m0/s1. The molecule has 4 heteroatoms. The maximum absolute atomic E-state index is 12.2. The second-order valence-corrected chi connectivity index (χ2v) is 6.07. The predicted molar refractivity (Wildman–Crippen MR) is 87.7 cm³/mol. The summed E-state index contributed by atoms with van der Waals surface area (Å²) in [4.78, 5) is 21.2. The lowest BCUT2D eigenvalue weighted by Gasteiger charge is -2.21. The topological polar surface area (TPSA) is 54.9 Å². The van der Waals surface area contributed by atoms with Crippen LogP contribution >= 0.6 is 0 Å². The molecule has 1 atom stereocenters. The molecule has 4 nitrogen and oxygen atoms in total. The summed E-state index contributed by atoms with van der Waals surface area (Å²) in [7, 11) is 0. The molecular formula is C18H21N3O. The fourth-order valence-electron chi connectivity index (χ4n) is 2.97. The van der Waals surface area contributed by atoms with E-state index in [-0.39, 0.29) is 5.78 Å². The highest BCUT2D eigenvalue weighted by Gasteiger charge is 2.26. The third kappa shape index (κ3) is 2.86. The average Bonchev–Trinajstić information content (AvgIpc) is 2.46. The van der Waals surface area contributed by atoms with Crippen molar-refractivity contribution >= 4 is 17.4 Å². The van der Waals surface area contributed by atoms with Gasteiger partial charge in [0.25, 0.3) is 0 Å². The van der Waals surface area contributed by atoms with Crippen LogP contribution in [0.25, 0.3) is 0 Å². The Morgan fingerprint density at radius 1 is 1.18 bits per heavy atom. The van der Waals surface area contributed by atoms with E-state index in [0.717, 1.165) is 35.5 Å². The van der Waals surface area contributed by atoms with Gasteiger partial charge in [0.05, 0.1) is 17.0 Å². The van der Waals surface area contributed by atoms with E-state index in [0.29, 0.717) is 18.3 Å². The number of Topliss-reactive ketones (excluding diaryl/α,β-unsaturated/α-hetero) is 1. The molecule has 1 aromatic carbocycles. The van der Waals surface area contributed by atoms with E-state index in [1.165, 1.54) is 5.56 Å². The third-order valence-electron chi connectivity index (χ3n) is 4.14. The van der Waals surface area contributed by atoms with Gasteiger partial charge in [-0.25, -0.2) is 9.97 Å². The number of fused-ring (bicyclic) bond motifs is 1. The summed E-state index contributed by atoms with van der Waals surface area (Å²) in [6, 6.07) is 8.26. The van der Waals surface area contributed by atoms with Gasteiger partial charge in [-0.15, -0.1) is 0 Å². The number of benzene rings is 1. The van der Waals surface area contributed by atoms with E-state index in [1.54, 1.807) is 0 Å². The Balaban J connectivity index is 1.90. The summed E-state index contributed by atoms with van der Waals surface area (Å²) in [6.07, 6.45) is 2.46. The quantitative estimate of drug-likeness (QED) is 0.934. The van der Waals surface area contributed by atoms with Crippen LogP contribution in [0.1, 0.15) is 47.6 Å². The molecule has 0 amide bonds. The monoisotopic (exact) mass is 295 g/mol. The first-order valence-corrected chi connectivity index (χ1v) is 7.83. The number of aromatic nitrogens is 2. The third-order valence-corrected chi connectivity index (χ3v) is 4.14. The Labute approximate surface area is 131 Å².